The minimum atomic E-state index is 0.567. The number of anilines is 2. The quantitative estimate of drug-likeness (QED) is 0.893. The molecular weight excluding hydrogens is 224 g/mol. The van der Waals surface area contributed by atoms with Crippen molar-refractivity contribution in [3.63, 3.8) is 0 Å². The van der Waals surface area contributed by atoms with Crippen LogP contribution in [0.2, 0.25) is 0 Å². The van der Waals surface area contributed by atoms with Crippen molar-refractivity contribution in [3.05, 3.63) is 11.8 Å². The van der Waals surface area contributed by atoms with Crippen LogP contribution in [0, 0.1) is 12.8 Å². The molecule has 0 amide bonds. The molecule has 1 aliphatic rings. The molecule has 4 heteroatoms. The second-order valence-corrected chi connectivity index (χ2v) is 5.40. The topological polar surface area (TPSA) is 41.1 Å². The second kappa shape index (κ2) is 5.55. The van der Waals surface area contributed by atoms with Gasteiger partial charge in [0.1, 0.15) is 5.82 Å². The Morgan fingerprint density at radius 2 is 2.22 bits per heavy atom. The van der Waals surface area contributed by atoms with E-state index in [4.69, 9.17) is 0 Å². The lowest BCUT2D eigenvalue weighted by Gasteiger charge is -2.38. The number of hydrogen-bond acceptors (Lipinski definition) is 4. The summed E-state index contributed by atoms with van der Waals surface area (Å²) in [6.45, 7) is 10.7. The fraction of sp³-hybridized carbons (Fsp3) is 0.714. The van der Waals surface area contributed by atoms with Crippen LogP contribution in [-0.4, -0.2) is 29.1 Å². The highest BCUT2D eigenvalue weighted by Crippen LogP contribution is 2.28. The number of aryl methyl sites for hydroxylation is 1. The molecule has 2 rings (SSSR count). The van der Waals surface area contributed by atoms with E-state index in [9.17, 15) is 0 Å². The van der Waals surface area contributed by atoms with Gasteiger partial charge in [-0.25, -0.2) is 4.98 Å². The summed E-state index contributed by atoms with van der Waals surface area (Å²) < 4.78 is 0. The van der Waals surface area contributed by atoms with E-state index in [1.54, 1.807) is 0 Å². The van der Waals surface area contributed by atoms with Crippen molar-refractivity contribution in [2.75, 3.05) is 23.3 Å². The van der Waals surface area contributed by atoms with Crippen LogP contribution in [0.15, 0.2) is 6.20 Å². The van der Waals surface area contributed by atoms with E-state index in [0.29, 0.717) is 6.04 Å². The van der Waals surface area contributed by atoms with Gasteiger partial charge in [-0.1, -0.05) is 6.92 Å². The third-order valence-electron chi connectivity index (χ3n) is 3.69. The molecule has 1 fully saturated rings. The van der Waals surface area contributed by atoms with Crippen molar-refractivity contribution in [3.8, 4) is 0 Å². The molecule has 1 aromatic rings. The van der Waals surface area contributed by atoms with Crippen molar-refractivity contribution in [1.29, 1.82) is 0 Å². The van der Waals surface area contributed by atoms with Gasteiger partial charge in [0.15, 0.2) is 0 Å². The van der Waals surface area contributed by atoms with Crippen LogP contribution < -0.4 is 10.2 Å². The number of aromatic nitrogens is 2. The average Bonchev–Trinajstić information content (AvgIpc) is 2.33. The molecule has 0 radical (unpaired) electrons. The van der Waals surface area contributed by atoms with Crippen LogP contribution in [0.5, 0.6) is 0 Å². The first-order valence-corrected chi connectivity index (χ1v) is 6.96. The molecule has 18 heavy (non-hydrogen) atoms. The average molecular weight is 248 g/mol. The van der Waals surface area contributed by atoms with Crippen molar-refractivity contribution >= 4 is 11.8 Å². The van der Waals surface area contributed by atoms with Gasteiger partial charge in [-0.15, -0.1) is 0 Å². The highest BCUT2D eigenvalue weighted by Gasteiger charge is 2.25. The number of rotatable bonds is 3. The van der Waals surface area contributed by atoms with E-state index < -0.39 is 0 Å². The summed E-state index contributed by atoms with van der Waals surface area (Å²) in [6.07, 6.45) is 4.43. The summed E-state index contributed by atoms with van der Waals surface area (Å²) in [6, 6.07) is 0.567. The lowest BCUT2D eigenvalue weighted by Crippen LogP contribution is -2.41. The summed E-state index contributed by atoms with van der Waals surface area (Å²) in [5, 5.41) is 3.19. The van der Waals surface area contributed by atoms with Crippen molar-refractivity contribution < 1.29 is 0 Å². The highest BCUT2D eigenvalue weighted by molar-refractivity contribution is 5.50. The molecule has 1 aliphatic heterocycles. The zero-order valence-corrected chi connectivity index (χ0v) is 11.9. The minimum Gasteiger partial charge on any atom is -0.354 e. The van der Waals surface area contributed by atoms with Crippen LogP contribution in [0.4, 0.5) is 11.8 Å². The predicted octanol–water partition coefficient (Wildman–Crippen LogP) is 2.84. The molecule has 1 N–H and O–H groups in total. The van der Waals surface area contributed by atoms with Crippen LogP contribution in [0.3, 0.4) is 0 Å². The molecule has 1 aromatic heterocycles. The third kappa shape index (κ3) is 2.74. The lowest BCUT2D eigenvalue weighted by atomic mass is 9.93. The first-order chi connectivity index (χ1) is 8.61. The van der Waals surface area contributed by atoms with Gasteiger partial charge in [0.25, 0.3) is 0 Å². The molecule has 0 bridgehead atoms. The number of nitrogens with one attached hydrogen (secondary N) is 1. The Balaban J connectivity index is 2.23. The predicted molar refractivity (Wildman–Crippen MR) is 76.1 cm³/mol. The number of nitrogens with zero attached hydrogens (tertiary/aromatic N) is 3. The molecule has 0 aliphatic carbocycles. The molecule has 2 heterocycles. The molecular formula is C14H24N4. The maximum atomic E-state index is 4.66. The van der Waals surface area contributed by atoms with E-state index in [0.717, 1.165) is 36.3 Å². The highest BCUT2D eigenvalue weighted by atomic mass is 15.2. The van der Waals surface area contributed by atoms with Crippen LogP contribution in [0.25, 0.3) is 0 Å². The monoisotopic (exact) mass is 248 g/mol. The van der Waals surface area contributed by atoms with Gasteiger partial charge >= 0.3 is 0 Å². The van der Waals surface area contributed by atoms with Gasteiger partial charge in [0, 0.05) is 30.9 Å². The summed E-state index contributed by atoms with van der Waals surface area (Å²) in [4.78, 5) is 11.4. The summed E-state index contributed by atoms with van der Waals surface area (Å²) in [5.74, 6) is 2.66. The second-order valence-electron chi connectivity index (χ2n) is 5.40. The zero-order valence-electron chi connectivity index (χ0n) is 11.9. The van der Waals surface area contributed by atoms with E-state index in [1.807, 2.05) is 6.20 Å². The molecule has 0 saturated carbocycles. The normalized spacial score (nSPS) is 24.1. The Morgan fingerprint density at radius 3 is 2.89 bits per heavy atom. The van der Waals surface area contributed by atoms with Gasteiger partial charge in [-0.05, 0) is 39.5 Å². The Kier molecular flexibility index (Phi) is 4.04. The molecule has 1 saturated heterocycles. The van der Waals surface area contributed by atoms with Crippen molar-refractivity contribution in [2.45, 2.75) is 46.6 Å². The van der Waals surface area contributed by atoms with Gasteiger partial charge in [0.2, 0.25) is 5.95 Å². The summed E-state index contributed by atoms with van der Waals surface area (Å²) >= 11 is 0. The fourth-order valence-corrected chi connectivity index (χ4v) is 2.69. The maximum Gasteiger partial charge on any atom is 0.224 e. The Labute approximate surface area is 110 Å². The molecule has 2 unspecified atom stereocenters. The standard InChI is InChI=1S/C14H24N4/c1-5-15-14-16-9-11(3)13(17-14)18-7-6-10(2)8-12(18)4/h9-10,12H,5-8H2,1-4H3,(H,15,16,17). The first kappa shape index (κ1) is 13.1. The SMILES string of the molecule is CCNc1ncc(C)c(N2CCC(C)CC2C)n1. The van der Waals surface area contributed by atoms with Crippen molar-refractivity contribution in [2.24, 2.45) is 5.92 Å². The van der Waals surface area contributed by atoms with Gasteiger partial charge in [-0.2, -0.15) is 4.98 Å². The molecule has 0 spiro atoms. The number of hydrogen-bond donors (Lipinski definition) is 1. The number of piperidine rings is 1. The Bertz CT molecular complexity index is 405. The van der Waals surface area contributed by atoms with Crippen LogP contribution >= 0.6 is 0 Å². The molecule has 100 valence electrons. The van der Waals surface area contributed by atoms with Gasteiger partial charge in [0.05, 0.1) is 0 Å². The van der Waals surface area contributed by atoms with E-state index in [1.165, 1.54) is 12.8 Å². The van der Waals surface area contributed by atoms with Crippen LogP contribution in [-0.2, 0) is 0 Å². The largest absolute Gasteiger partial charge is 0.354 e. The Hall–Kier alpha value is -1.32. The van der Waals surface area contributed by atoms with Crippen molar-refractivity contribution in [1.82, 2.24) is 9.97 Å². The van der Waals surface area contributed by atoms with E-state index >= 15 is 0 Å². The zero-order chi connectivity index (χ0) is 13.1. The third-order valence-corrected chi connectivity index (χ3v) is 3.69. The maximum absolute atomic E-state index is 4.66. The Morgan fingerprint density at radius 1 is 1.44 bits per heavy atom. The first-order valence-electron chi connectivity index (χ1n) is 6.96. The lowest BCUT2D eigenvalue weighted by molar-refractivity contribution is 0.375. The van der Waals surface area contributed by atoms with Crippen LogP contribution in [0.1, 0.15) is 39.2 Å². The van der Waals surface area contributed by atoms with E-state index in [-0.39, 0.29) is 0 Å². The smallest absolute Gasteiger partial charge is 0.224 e. The summed E-state index contributed by atoms with van der Waals surface area (Å²) in [5.41, 5.74) is 1.16. The molecule has 4 nitrogen and oxygen atoms in total. The summed E-state index contributed by atoms with van der Waals surface area (Å²) in [7, 11) is 0. The minimum absolute atomic E-state index is 0.567. The van der Waals surface area contributed by atoms with Gasteiger partial charge in [-0.3, -0.25) is 0 Å². The van der Waals surface area contributed by atoms with E-state index in [2.05, 4.69) is 47.9 Å². The van der Waals surface area contributed by atoms with Gasteiger partial charge < -0.3 is 10.2 Å². The molecule has 2 atom stereocenters. The fourth-order valence-electron chi connectivity index (χ4n) is 2.69. The molecule has 0 aromatic carbocycles.